The Balaban J connectivity index is 1.88. The Morgan fingerprint density at radius 1 is 1.11 bits per heavy atom. The molecule has 100 valence electrons. The van der Waals surface area contributed by atoms with Crippen LogP contribution in [0.2, 0.25) is 0 Å². The molecule has 2 amide bonds. The van der Waals surface area contributed by atoms with Gasteiger partial charge in [0.15, 0.2) is 5.79 Å². The molecule has 0 radical (unpaired) electrons. The minimum absolute atomic E-state index is 0.0237. The summed E-state index contributed by atoms with van der Waals surface area (Å²) in [6, 6.07) is 6.74. The van der Waals surface area contributed by atoms with Crippen molar-refractivity contribution in [2.75, 3.05) is 26.3 Å². The van der Waals surface area contributed by atoms with E-state index >= 15 is 0 Å². The van der Waals surface area contributed by atoms with Gasteiger partial charge in [0.1, 0.15) is 0 Å². The fourth-order valence-electron chi connectivity index (χ4n) is 2.39. The summed E-state index contributed by atoms with van der Waals surface area (Å²) in [4.78, 5) is 25.6. The Kier molecular flexibility index (Phi) is 2.85. The van der Waals surface area contributed by atoms with E-state index in [0.717, 1.165) is 4.90 Å². The summed E-state index contributed by atoms with van der Waals surface area (Å²) in [5.74, 6) is -1.71. The monoisotopic (exact) mass is 262 g/mol. The molecule has 2 heterocycles. The zero-order valence-corrected chi connectivity index (χ0v) is 10.3. The van der Waals surface area contributed by atoms with Crippen molar-refractivity contribution in [3.05, 3.63) is 35.4 Å². The highest BCUT2D eigenvalue weighted by Gasteiger charge is 2.44. The molecule has 0 aliphatic carbocycles. The number of hydrogen-bond acceptors (Lipinski definition) is 5. The first-order valence-corrected chi connectivity index (χ1v) is 6.10. The normalized spacial score (nSPS) is 21.0. The molecule has 0 saturated carbocycles. The van der Waals surface area contributed by atoms with Gasteiger partial charge in [0.05, 0.1) is 30.9 Å². The molecule has 6 heteroatoms. The highest BCUT2D eigenvalue weighted by atomic mass is 16.7. The van der Waals surface area contributed by atoms with Gasteiger partial charge in [-0.3, -0.25) is 14.5 Å². The predicted octanol–water partition coefficient (Wildman–Crippen LogP) is -0.0156. The van der Waals surface area contributed by atoms with Crippen molar-refractivity contribution in [1.82, 2.24) is 4.90 Å². The first-order valence-electron chi connectivity index (χ1n) is 6.10. The molecule has 0 unspecified atom stereocenters. The molecule has 19 heavy (non-hydrogen) atoms. The number of imide groups is 1. The Morgan fingerprint density at radius 2 is 1.63 bits per heavy atom. The number of carbonyl (C=O) groups excluding carboxylic acids is 2. The SMILES string of the molecule is NCC1(CN2C(=O)c3ccccc3C2=O)OCCO1. The van der Waals surface area contributed by atoms with Crippen molar-refractivity contribution in [3.8, 4) is 0 Å². The smallest absolute Gasteiger partial charge is 0.261 e. The summed E-state index contributed by atoms with van der Waals surface area (Å²) >= 11 is 0. The van der Waals surface area contributed by atoms with E-state index in [2.05, 4.69) is 0 Å². The molecule has 0 aromatic heterocycles. The number of hydrogen-bond donors (Lipinski definition) is 1. The number of benzene rings is 1. The van der Waals surface area contributed by atoms with Crippen LogP contribution in [0.15, 0.2) is 24.3 Å². The number of ether oxygens (including phenoxy) is 2. The number of rotatable bonds is 3. The van der Waals surface area contributed by atoms with Crippen LogP contribution in [0, 0.1) is 0 Å². The number of nitrogens with zero attached hydrogens (tertiary/aromatic N) is 1. The van der Waals surface area contributed by atoms with Crippen LogP contribution in [0.5, 0.6) is 0 Å². The molecule has 1 fully saturated rings. The molecule has 0 bridgehead atoms. The third-order valence-corrected chi connectivity index (χ3v) is 3.40. The quantitative estimate of drug-likeness (QED) is 0.774. The predicted molar refractivity (Wildman–Crippen MR) is 65.5 cm³/mol. The first kappa shape index (κ1) is 12.3. The van der Waals surface area contributed by atoms with Gasteiger partial charge in [0.25, 0.3) is 11.8 Å². The Morgan fingerprint density at radius 3 is 2.11 bits per heavy atom. The molecule has 1 aromatic rings. The zero-order valence-electron chi connectivity index (χ0n) is 10.3. The van der Waals surface area contributed by atoms with E-state index in [9.17, 15) is 9.59 Å². The standard InChI is InChI=1S/C13H14N2O4/c14-7-13(18-5-6-19-13)8-15-11(16)9-3-1-2-4-10(9)12(15)17/h1-4H,5-8,14H2. The van der Waals surface area contributed by atoms with Crippen LogP contribution in [0.4, 0.5) is 0 Å². The maximum atomic E-state index is 12.2. The second kappa shape index (κ2) is 4.41. The van der Waals surface area contributed by atoms with Gasteiger partial charge >= 0.3 is 0 Å². The Hall–Kier alpha value is -1.76. The number of nitrogens with two attached hydrogens (primary N) is 1. The lowest BCUT2D eigenvalue weighted by Crippen LogP contribution is -2.51. The lowest BCUT2D eigenvalue weighted by Gasteiger charge is -2.29. The van der Waals surface area contributed by atoms with E-state index < -0.39 is 5.79 Å². The first-order chi connectivity index (χ1) is 9.17. The highest BCUT2D eigenvalue weighted by molar-refractivity contribution is 6.21. The number of fused-ring (bicyclic) bond motifs is 1. The van der Waals surface area contributed by atoms with E-state index in [1.807, 2.05) is 0 Å². The second-order valence-electron chi connectivity index (χ2n) is 4.55. The fourth-order valence-corrected chi connectivity index (χ4v) is 2.39. The summed E-state index contributed by atoms with van der Waals surface area (Å²) in [7, 11) is 0. The molecule has 6 nitrogen and oxygen atoms in total. The fraction of sp³-hybridized carbons (Fsp3) is 0.385. The van der Waals surface area contributed by atoms with E-state index in [4.69, 9.17) is 15.2 Å². The molecular weight excluding hydrogens is 248 g/mol. The van der Waals surface area contributed by atoms with Crippen LogP contribution in [-0.2, 0) is 9.47 Å². The zero-order chi connectivity index (χ0) is 13.5. The van der Waals surface area contributed by atoms with E-state index in [0.29, 0.717) is 24.3 Å². The van der Waals surface area contributed by atoms with Gasteiger partial charge in [-0.2, -0.15) is 0 Å². The maximum Gasteiger partial charge on any atom is 0.261 e. The van der Waals surface area contributed by atoms with Gasteiger partial charge in [-0.25, -0.2) is 0 Å². The van der Waals surface area contributed by atoms with Crippen LogP contribution >= 0.6 is 0 Å². The molecule has 1 saturated heterocycles. The maximum absolute atomic E-state index is 12.2. The van der Waals surface area contributed by atoms with Crippen molar-refractivity contribution in [2.24, 2.45) is 5.73 Å². The summed E-state index contributed by atoms with van der Waals surface area (Å²) in [5.41, 5.74) is 6.47. The van der Waals surface area contributed by atoms with Gasteiger partial charge < -0.3 is 15.2 Å². The molecule has 0 atom stereocenters. The van der Waals surface area contributed by atoms with Crippen molar-refractivity contribution in [3.63, 3.8) is 0 Å². The summed E-state index contributed by atoms with van der Waals surface area (Å²) in [6.45, 7) is 0.955. The molecule has 2 aliphatic heterocycles. The minimum atomic E-state index is -1.06. The molecule has 3 rings (SSSR count). The topological polar surface area (TPSA) is 81.9 Å². The van der Waals surface area contributed by atoms with Crippen molar-refractivity contribution in [1.29, 1.82) is 0 Å². The molecule has 1 aromatic carbocycles. The van der Waals surface area contributed by atoms with Crippen LogP contribution in [0.3, 0.4) is 0 Å². The molecule has 0 spiro atoms. The average molecular weight is 262 g/mol. The van der Waals surface area contributed by atoms with Gasteiger partial charge in [-0.15, -0.1) is 0 Å². The summed E-state index contributed by atoms with van der Waals surface area (Å²) < 4.78 is 10.9. The summed E-state index contributed by atoms with van der Waals surface area (Å²) in [6.07, 6.45) is 0. The van der Waals surface area contributed by atoms with Gasteiger partial charge in [0.2, 0.25) is 0 Å². The average Bonchev–Trinajstić information content (AvgIpc) is 3.00. The lowest BCUT2D eigenvalue weighted by atomic mass is 10.1. The van der Waals surface area contributed by atoms with Gasteiger partial charge in [-0.05, 0) is 12.1 Å². The Bertz CT molecular complexity index is 502. The number of carbonyl (C=O) groups is 2. The third kappa shape index (κ3) is 1.85. The van der Waals surface area contributed by atoms with Crippen LogP contribution < -0.4 is 5.73 Å². The van der Waals surface area contributed by atoms with E-state index in [1.165, 1.54) is 0 Å². The van der Waals surface area contributed by atoms with Crippen molar-refractivity contribution < 1.29 is 19.1 Å². The molecular formula is C13H14N2O4. The van der Waals surface area contributed by atoms with Gasteiger partial charge in [-0.1, -0.05) is 12.1 Å². The third-order valence-electron chi connectivity index (χ3n) is 3.40. The molecule has 2 N–H and O–H groups in total. The minimum Gasteiger partial charge on any atom is -0.345 e. The van der Waals surface area contributed by atoms with Gasteiger partial charge in [0, 0.05) is 6.54 Å². The van der Waals surface area contributed by atoms with Crippen molar-refractivity contribution in [2.45, 2.75) is 5.79 Å². The van der Waals surface area contributed by atoms with Crippen LogP contribution in [0.1, 0.15) is 20.7 Å². The van der Waals surface area contributed by atoms with Crippen LogP contribution in [-0.4, -0.2) is 48.8 Å². The number of amides is 2. The largest absolute Gasteiger partial charge is 0.345 e. The lowest BCUT2D eigenvalue weighted by molar-refractivity contribution is -0.154. The van der Waals surface area contributed by atoms with E-state index in [-0.39, 0.29) is 24.9 Å². The van der Waals surface area contributed by atoms with Crippen molar-refractivity contribution >= 4 is 11.8 Å². The molecule has 2 aliphatic rings. The highest BCUT2D eigenvalue weighted by Crippen LogP contribution is 2.27. The van der Waals surface area contributed by atoms with Crippen LogP contribution in [0.25, 0.3) is 0 Å². The van der Waals surface area contributed by atoms with E-state index in [1.54, 1.807) is 24.3 Å². The second-order valence-corrected chi connectivity index (χ2v) is 4.55. The Labute approximate surface area is 110 Å². The summed E-state index contributed by atoms with van der Waals surface area (Å²) in [5, 5.41) is 0.